The number of anilines is 1. The minimum Gasteiger partial charge on any atom is -0.294 e. The molecule has 1 rings (SSSR count). The lowest BCUT2D eigenvalue weighted by molar-refractivity contribution is -0.115. The van der Waals surface area contributed by atoms with Gasteiger partial charge in [0.05, 0.1) is 4.83 Å². The van der Waals surface area contributed by atoms with Crippen molar-refractivity contribution in [2.45, 2.75) is 11.8 Å². The van der Waals surface area contributed by atoms with E-state index in [0.29, 0.717) is 5.15 Å². The standard InChI is InChI=1S/C7H7BrClN3O/c1-4(8)6(13)12-7-10-3-2-5(9)11-7/h2-4H,1H3,(H,10,11,12,13). The fraction of sp³-hybridized carbons (Fsp3) is 0.286. The Morgan fingerprint density at radius 1 is 1.77 bits per heavy atom. The van der Waals surface area contributed by atoms with Gasteiger partial charge in [0.1, 0.15) is 5.15 Å². The van der Waals surface area contributed by atoms with Crippen LogP contribution >= 0.6 is 27.5 Å². The zero-order valence-corrected chi connectivity index (χ0v) is 9.13. The van der Waals surface area contributed by atoms with Gasteiger partial charge in [0.15, 0.2) is 0 Å². The molecule has 0 aliphatic heterocycles. The molecule has 0 aliphatic carbocycles. The summed E-state index contributed by atoms with van der Waals surface area (Å²) >= 11 is 8.71. The van der Waals surface area contributed by atoms with Crippen LogP contribution in [0.5, 0.6) is 0 Å². The first-order chi connectivity index (χ1) is 6.09. The number of rotatable bonds is 2. The van der Waals surface area contributed by atoms with Crippen molar-refractivity contribution in [3.8, 4) is 0 Å². The second-order valence-electron chi connectivity index (χ2n) is 2.31. The average Bonchev–Trinajstić information content (AvgIpc) is 2.04. The molecule has 0 aliphatic rings. The molecule has 4 nitrogen and oxygen atoms in total. The highest BCUT2D eigenvalue weighted by molar-refractivity contribution is 9.10. The van der Waals surface area contributed by atoms with Gasteiger partial charge < -0.3 is 0 Å². The van der Waals surface area contributed by atoms with E-state index in [0.717, 1.165) is 0 Å². The normalized spacial score (nSPS) is 12.2. The lowest BCUT2D eigenvalue weighted by Gasteiger charge is -2.03. The molecule has 1 N–H and O–H groups in total. The van der Waals surface area contributed by atoms with Gasteiger partial charge >= 0.3 is 0 Å². The van der Waals surface area contributed by atoms with Gasteiger partial charge in [0.2, 0.25) is 11.9 Å². The summed E-state index contributed by atoms with van der Waals surface area (Å²) < 4.78 is 0. The predicted molar refractivity (Wildman–Crippen MR) is 54.1 cm³/mol. The molecule has 6 heteroatoms. The highest BCUT2D eigenvalue weighted by Crippen LogP contribution is 2.07. The number of halogens is 2. The molecule has 1 aromatic rings. The molecule has 0 bridgehead atoms. The first-order valence-electron chi connectivity index (χ1n) is 3.53. The maximum absolute atomic E-state index is 11.1. The summed E-state index contributed by atoms with van der Waals surface area (Å²) in [5.41, 5.74) is 0. The van der Waals surface area contributed by atoms with Crippen molar-refractivity contribution < 1.29 is 4.79 Å². The molecule has 0 radical (unpaired) electrons. The van der Waals surface area contributed by atoms with Gasteiger partial charge in [-0.05, 0) is 13.0 Å². The Kier molecular flexibility index (Phi) is 3.62. The lowest BCUT2D eigenvalue weighted by Crippen LogP contribution is -2.21. The first kappa shape index (κ1) is 10.4. The summed E-state index contributed by atoms with van der Waals surface area (Å²) in [6.07, 6.45) is 1.48. The van der Waals surface area contributed by atoms with Crippen LogP contribution in [0.15, 0.2) is 12.3 Å². The maximum atomic E-state index is 11.1. The fourth-order valence-electron chi connectivity index (χ4n) is 0.607. The molecule has 0 spiro atoms. The van der Waals surface area contributed by atoms with Crippen LogP contribution < -0.4 is 5.32 Å². The van der Waals surface area contributed by atoms with Gasteiger partial charge in [-0.2, -0.15) is 0 Å². The molecule has 13 heavy (non-hydrogen) atoms. The minimum absolute atomic E-state index is 0.206. The third-order valence-electron chi connectivity index (χ3n) is 1.22. The first-order valence-corrected chi connectivity index (χ1v) is 4.82. The van der Waals surface area contributed by atoms with Crippen molar-refractivity contribution in [1.82, 2.24) is 9.97 Å². The van der Waals surface area contributed by atoms with Crippen LogP contribution in [0, 0.1) is 0 Å². The average molecular weight is 265 g/mol. The van der Waals surface area contributed by atoms with E-state index in [4.69, 9.17) is 11.6 Å². The van der Waals surface area contributed by atoms with Crippen molar-refractivity contribution in [3.63, 3.8) is 0 Å². The lowest BCUT2D eigenvalue weighted by atomic mass is 10.4. The van der Waals surface area contributed by atoms with E-state index in [1.54, 1.807) is 6.92 Å². The molecule has 1 unspecified atom stereocenters. The minimum atomic E-state index is -0.282. The van der Waals surface area contributed by atoms with E-state index in [1.807, 2.05) is 0 Å². The van der Waals surface area contributed by atoms with E-state index >= 15 is 0 Å². The van der Waals surface area contributed by atoms with E-state index in [1.165, 1.54) is 12.3 Å². The zero-order chi connectivity index (χ0) is 9.84. The summed E-state index contributed by atoms with van der Waals surface area (Å²) in [7, 11) is 0. The number of nitrogens with one attached hydrogen (secondary N) is 1. The van der Waals surface area contributed by atoms with Gasteiger partial charge in [-0.25, -0.2) is 9.97 Å². The van der Waals surface area contributed by atoms with Crippen molar-refractivity contribution in [2.24, 2.45) is 0 Å². The molecule has 0 saturated carbocycles. The third kappa shape index (κ3) is 3.28. The summed E-state index contributed by atoms with van der Waals surface area (Å²) in [5.74, 6) is 0.00562. The topological polar surface area (TPSA) is 54.9 Å². The number of hydrogen-bond donors (Lipinski definition) is 1. The van der Waals surface area contributed by atoms with E-state index in [9.17, 15) is 4.79 Å². The van der Waals surface area contributed by atoms with E-state index in [-0.39, 0.29) is 16.7 Å². The Labute approximate surface area is 88.8 Å². The Bertz CT molecular complexity index is 318. The van der Waals surface area contributed by atoms with Crippen LogP contribution in [0.2, 0.25) is 5.15 Å². The van der Waals surface area contributed by atoms with Crippen LogP contribution in [-0.2, 0) is 4.79 Å². The molecule has 1 heterocycles. The molecule has 0 aromatic carbocycles. The number of hydrogen-bond acceptors (Lipinski definition) is 3. The van der Waals surface area contributed by atoms with Gasteiger partial charge in [-0.3, -0.25) is 10.1 Å². The Hall–Kier alpha value is -0.680. The van der Waals surface area contributed by atoms with Gasteiger partial charge in [0.25, 0.3) is 0 Å². The van der Waals surface area contributed by atoms with Crippen molar-refractivity contribution >= 4 is 39.4 Å². The molecule has 70 valence electrons. The molecular weight excluding hydrogens is 257 g/mol. The molecule has 0 saturated heterocycles. The predicted octanol–water partition coefficient (Wildman–Crippen LogP) is 1.85. The third-order valence-corrected chi connectivity index (χ3v) is 1.84. The maximum Gasteiger partial charge on any atom is 0.240 e. The van der Waals surface area contributed by atoms with Crippen LogP contribution in [-0.4, -0.2) is 20.7 Å². The fourth-order valence-corrected chi connectivity index (χ4v) is 0.857. The van der Waals surface area contributed by atoms with Gasteiger partial charge in [-0.1, -0.05) is 27.5 Å². The summed E-state index contributed by atoms with van der Waals surface area (Å²) in [6.45, 7) is 1.71. The highest BCUT2D eigenvalue weighted by atomic mass is 79.9. The number of aromatic nitrogens is 2. The number of carbonyl (C=O) groups is 1. The van der Waals surface area contributed by atoms with E-state index < -0.39 is 0 Å². The Morgan fingerprint density at radius 3 is 3.00 bits per heavy atom. The van der Waals surface area contributed by atoms with Gasteiger partial charge in [0, 0.05) is 6.20 Å². The molecule has 1 atom stereocenters. The molecule has 1 aromatic heterocycles. The number of alkyl halides is 1. The molecular formula is C7H7BrClN3O. The number of carbonyl (C=O) groups excluding carboxylic acids is 1. The number of nitrogens with zero attached hydrogens (tertiary/aromatic N) is 2. The monoisotopic (exact) mass is 263 g/mol. The van der Waals surface area contributed by atoms with Crippen molar-refractivity contribution in [1.29, 1.82) is 0 Å². The Balaban J connectivity index is 2.69. The quantitative estimate of drug-likeness (QED) is 0.655. The SMILES string of the molecule is CC(Br)C(=O)Nc1nccc(Cl)n1. The smallest absolute Gasteiger partial charge is 0.240 e. The highest BCUT2D eigenvalue weighted by Gasteiger charge is 2.09. The Morgan fingerprint density at radius 2 is 2.46 bits per heavy atom. The zero-order valence-electron chi connectivity index (χ0n) is 6.79. The summed E-state index contributed by atoms with van der Waals surface area (Å²) in [5, 5.41) is 2.79. The molecule has 0 fully saturated rings. The molecule has 1 amide bonds. The van der Waals surface area contributed by atoms with Gasteiger partial charge in [-0.15, -0.1) is 0 Å². The van der Waals surface area contributed by atoms with Crippen LogP contribution in [0.1, 0.15) is 6.92 Å². The summed E-state index contributed by atoms with van der Waals surface area (Å²) in [4.78, 5) is 18.5. The van der Waals surface area contributed by atoms with E-state index in [2.05, 4.69) is 31.2 Å². The largest absolute Gasteiger partial charge is 0.294 e. The summed E-state index contributed by atoms with van der Waals surface area (Å²) in [6, 6.07) is 1.54. The van der Waals surface area contributed by atoms with Crippen molar-refractivity contribution in [2.75, 3.05) is 5.32 Å². The second kappa shape index (κ2) is 4.53. The van der Waals surface area contributed by atoms with Crippen LogP contribution in [0.4, 0.5) is 5.95 Å². The number of amides is 1. The van der Waals surface area contributed by atoms with Crippen LogP contribution in [0.25, 0.3) is 0 Å². The van der Waals surface area contributed by atoms with Crippen LogP contribution in [0.3, 0.4) is 0 Å². The van der Waals surface area contributed by atoms with Crippen molar-refractivity contribution in [3.05, 3.63) is 17.4 Å². The second-order valence-corrected chi connectivity index (χ2v) is 4.07.